The Morgan fingerprint density at radius 3 is 2.96 bits per heavy atom. The van der Waals surface area contributed by atoms with Gasteiger partial charge >= 0.3 is 0 Å². The largest absolute Gasteiger partial charge is 0.496 e. The number of benzene rings is 1. The van der Waals surface area contributed by atoms with Gasteiger partial charge < -0.3 is 19.1 Å². The number of nitrogens with zero attached hydrogens (tertiary/aromatic N) is 3. The van der Waals surface area contributed by atoms with Gasteiger partial charge in [-0.25, -0.2) is 0 Å². The Hall–Kier alpha value is -2.34. The molecule has 0 N–H and O–H groups in total. The van der Waals surface area contributed by atoms with Crippen LogP contribution in [0.1, 0.15) is 29.9 Å². The minimum absolute atomic E-state index is 0.0855. The number of likely N-dealkylation sites (N-methyl/N-ethyl adjacent to an activating group) is 1. The van der Waals surface area contributed by atoms with Crippen LogP contribution in [0.5, 0.6) is 5.75 Å². The Morgan fingerprint density at radius 1 is 1.39 bits per heavy atom. The van der Waals surface area contributed by atoms with Crippen LogP contribution in [-0.4, -0.2) is 61.2 Å². The molecule has 6 nitrogen and oxygen atoms in total. The monoisotopic (exact) mass is 385 g/mol. The molecule has 2 heterocycles. The van der Waals surface area contributed by atoms with Crippen LogP contribution >= 0.6 is 0 Å². The van der Waals surface area contributed by atoms with E-state index in [-0.39, 0.29) is 12.3 Å². The van der Waals surface area contributed by atoms with Crippen molar-refractivity contribution in [2.75, 3.05) is 40.3 Å². The maximum Gasteiger partial charge on any atom is 0.230 e. The van der Waals surface area contributed by atoms with Gasteiger partial charge in [0, 0.05) is 32.7 Å². The van der Waals surface area contributed by atoms with E-state index in [9.17, 15) is 4.79 Å². The third kappa shape index (κ3) is 5.58. The van der Waals surface area contributed by atoms with Crippen molar-refractivity contribution in [1.82, 2.24) is 15.0 Å². The van der Waals surface area contributed by atoms with Gasteiger partial charge in [-0.05, 0) is 50.3 Å². The van der Waals surface area contributed by atoms with Gasteiger partial charge in [0.25, 0.3) is 0 Å². The lowest BCUT2D eigenvalue weighted by Crippen LogP contribution is -2.42. The van der Waals surface area contributed by atoms with E-state index in [1.807, 2.05) is 37.1 Å². The zero-order chi connectivity index (χ0) is 19.9. The maximum atomic E-state index is 12.5. The van der Waals surface area contributed by atoms with Crippen LogP contribution in [0.3, 0.4) is 0 Å². The highest BCUT2D eigenvalue weighted by atomic mass is 16.5. The molecular weight excluding hydrogens is 354 g/mol. The van der Waals surface area contributed by atoms with E-state index >= 15 is 0 Å². The highest BCUT2D eigenvalue weighted by Crippen LogP contribution is 2.21. The van der Waals surface area contributed by atoms with Gasteiger partial charge in [-0.3, -0.25) is 4.79 Å². The van der Waals surface area contributed by atoms with Crippen LogP contribution in [0.4, 0.5) is 0 Å². The number of hydrogen-bond acceptors (Lipinski definition) is 5. The van der Waals surface area contributed by atoms with E-state index in [1.54, 1.807) is 7.11 Å². The Kier molecular flexibility index (Phi) is 7.09. The summed E-state index contributed by atoms with van der Waals surface area (Å²) in [7, 11) is 3.61. The fraction of sp³-hybridized carbons (Fsp3) is 0.545. The standard InChI is InChI=1S/C22H31N3O3/c1-17-13-20(28-23-17)14-22(26)24(2)15-18-7-6-11-25(16-18)12-10-19-8-4-5-9-21(19)27-3/h4-5,8-9,13,18H,6-7,10-12,14-16H2,1-3H3. The molecule has 0 radical (unpaired) electrons. The molecule has 0 spiro atoms. The Labute approximate surface area is 167 Å². The Balaban J connectivity index is 1.46. The Morgan fingerprint density at radius 2 is 2.21 bits per heavy atom. The van der Waals surface area contributed by atoms with Crippen LogP contribution in [0.2, 0.25) is 0 Å². The lowest BCUT2D eigenvalue weighted by molar-refractivity contribution is -0.130. The number of piperidine rings is 1. The highest BCUT2D eigenvalue weighted by Gasteiger charge is 2.23. The van der Waals surface area contributed by atoms with E-state index in [0.717, 1.165) is 44.0 Å². The first kappa shape index (κ1) is 20.4. The van der Waals surface area contributed by atoms with Crippen molar-refractivity contribution in [3.05, 3.63) is 47.3 Å². The summed E-state index contributed by atoms with van der Waals surface area (Å²) < 4.78 is 10.6. The molecule has 1 fully saturated rings. The Bertz CT molecular complexity index is 774. The zero-order valence-corrected chi connectivity index (χ0v) is 17.2. The van der Waals surface area contributed by atoms with Crippen LogP contribution < -0.4 is 4.74 Å². The second-order valence-corrected chi connectivity index (χ2v) is 7.76. The molecule has 1 aliphatic rings. The minimum Gasteiger partial charge on any atom is -0.496 e. The number of likely N-dealkylation sites (tertiary alicyclic amines) is 1. The summed E-state index contributed by atoms with van der Waals surface area (Å²) in [6.45, 7) is 5.83. The molecule has 3 rings (SSSR count). The smallest absolute Gasteiger partial charge is 0.230 e. The number of ether oxygens (including phenoxy) is 1. The summed E-state index contributed by atoms with van der Waals surface area (Å²) in [6, 6.07) is 10.1. The van der Waals surface area contributed by atoms with Crippen LogP contribution in [0, 0.1) is 12.8 Å². The molecule has 152 valence electrons. The molecule has 1 aromatic heterocycles. The third-order valence-corrected chi connectivity index (χ3v) is 5.45. The summed E-state index contributed by atoms with van der Waals surface area (Å²) in [5.74, 6) is 2.19. The molecule has 1 unspecified atom stereocenters. The number of carbonyl (C=O) groups excluding carboxylic acids is 1. The molecule has 0 aliphatic carbocycles. The van der Waals surface area contributed by atoms with Crippen molar-refractivity contribution in [1.29, 1.82) is 0 Å². The predicted molar refractivity (Wildman–Crippen MR) is 108 cm³/mol. The van der Waals surface area contributed by atoms with Crippen molar-refractivity contribution in [2.45, 2.75) is 32.6 Å². The minimum atomic E-state index is 0.0855. The van der Waals surface area contributed by atoms with Gasteiger partial charge in [0.05, 0.1) is 19.2 Å². The maximum absolute atomic E-state index is 12.5. The lowest BCUT2D eigenvalue weighted by Gasteiger charge is -2.34. The first-order chi connectivity index (χ1) is 13.5. The fourth-order valence-corrected chi connectivity index (χ4v) is 3.96. The molecule has 28 heavy (non-hydrogen) atoms. The molecule has 1 saturated heterocycles. The van der Waals surface area contributed by atoms with E-state index < -0.39 is 0 Å². The highest BCUT2D eigenvalue weighted by molar-refractivity contribution is 5.77. The molecule has 1 amide bonds. The molecule has 2 aromatic rings. The van der Waals surface area contributed by atoms with Gasteiger partial charge in [-0.2, -0.15) is 0 Å². The number of carbonyl (C=O) groups is 1. The zero-order valence-electron chi connectivity index (χ0n) is 17.2. The predicted octanol–water partition coefficient (Wildman–Crippen LogP) is 2.95. The van der Waals surface area contributed by atoms with Gasteiger partial charge in [0.15, 0.2) is 0 Å². The lowest BCUT2D eigenvalue weighted by atomic mass is 9.97. The molecule has 1 atom stereocenters. The number of para-hydroxylation sites is 1. The van der Waals surface area contributed by atoms with E-state index in [1.165, 1.54) is 18.4 Å². The van der Waals surface area contributed by atoms with Gasteiger partial charge in [-0.15, -0.1) is 0 Å². The van der Waals surface area contributed by atoms with E-state index in [2.05, 4.69) is 22.2 Å². The average molecular weight is 386 g/mol. The number of hydrogen-bond donors (Lipinski definition) is 0. The van der Waals surface area contributed by atoms with Crippen LogP contribution in [0.15, 0.2) is 34.9 Å². The van der Waals surface area contributed by atoms with Gasteiger partial charge in [-0.1, -0.05) is 23.4 Å². The second kappa shape index (κ2) is 9.73. The topological polar surface area (TPSA) is 58.8 Å². The number of methoxy groups -OCH3 is 1. The second-order valence-electron chi connectivity index (χ2n) is 7.76. The normalized spacial score (nSPS) is 17.5. The van der Waals surface area contributed by atoms with E-state index in [0.29, 0.717) is 11.7 Å². The van der Waals surface area contributed by atoms with Crippen molar-refractivity contribution in [3.8, 4) is 5.75 Å². The third-order valence-electron chi connectivity index (χ3n) is 5.45. The van der Waals surface area contributed by atoms with Crippen molar-refractivity contribution >= 4 is 5.91 Å². The summed E-state index contributed by atoms with van der Waals surface area (Å²) in [5, 5.41) is 3.85. The molecule has 1 aliphatic heterocycles. The first-order valence-electron chi connectivity index (χ1n) is 10.1. The SMILES string of the molecule is COc1ccccc1CCN1CCCC(CN(C)C(=O)Cc2cc(C)no2)C1. The average Bonchev–Trinajstić information content (AvgIpc) is 3.11. The van der Waals surface area contributed by atoms with Crippen molar-refractivity contribution in [2.24, 2.45) is 5.92 Å². The molecule has 1 aromatic carbocycles. The first-order valence-corrected chi connectivity index (χ1v) is 10.1. The number of rotatable bonds is 8. The summed E-state index contributed by atoms with van der Waals surface area (Å²) in [4.78, 5) is 16.8. The molecule has 6 heteroatoms. The fourth-order valence-electron chi connectivity index (χ4n) is 3.96. The summed E-state index contributed by atoms with van der Waals surface area (Å²) in [6.07, 6.45) is 3.61. The molecule has 0 saturated carbocycles. The summed E-state index contributed by atoms with van der Waals surface area (Å²) >= 11 is 0. The number of aromatic nitrogens is 1. The van der Waals surface area contributed by atoms with Gasteiger partial charge in [0.1, 0.15) is 11.5 Å². The molecular formula is C22H31N3O3. The quantitative estimate of drug-likeness (QED) is 0.699. The molecule has 0 bridgehead atoms. The van der Waals surface area contributed by atoms with Crippen LogP contribution in [-0.2, 0) is 17.6 Å². The number of amides is 1. The van der Waals surface area contributed by atoms with E-state index in [4.69, 9.17) is 9.26 Å². The number of aryl methyl sites for hydroxylation is 1. The van der Waals surface area contributed by atoms with Crippen LogP contribution in [0.25, 0.3) is 0 Å². The summed E-state index contributed by atoms with van der Waals surface area (Å²) in [5.41, 5.74) is 2.06. The van der Waals surface area contributed by atoms with Crippen molar-refractivity contribution in [3.63, 3.8) is 0 Å². The van der Waals surface area contributed by atoms with Gasteiger partial charge in [0.2, 0.25) is 5.91 Å². The van der Waals surface area contributed by atoms with Crippen molar-refractivity contribution < 1.29 is 14.1 Å².